The second kappa shape index (κ2) is 20.7. The molecule has 0 amide bonds. The van der Waals surface area contributed by atoms with Crippen molar-refractivity contribution in [2.75, 3.05) is 0 Å². The van der Waals surface area contributed by atoms with Crippen LogP contribution in [0.15, 0.2) is 0 Å². The number of carbonyl (C=O) groups is 4. The molecule has 0 aliphatic carbocycles. The first kappa shape index (κ1) is 36.3. The van der Waals surface area contributed by atoms with E-state index in [2.05, 4.69) is 0 Å². The van der Waals surface area contributed by atoms with Crippen molar-refractivity contribution < 1.29 is 39.6 Å². The van der Waals surface area contributed by atoms with E-state index in [0.717, 1.165) is 0 Å². The van der Waals surface area contributed by atoms with E-state index in [9.17, 15) is 19.2 Å². The van der Waals surface area contributed by atoms with Gasteiger partial charge in [-0.15, -0.1) is 0 Å². The van der Waals surface area contributed by atoms with E-state index in [1.807, 2.05) is 5.32 Å². The summed E-state index contributed by atoms with van der Waals surface area (Å²) in [6.07, 6.45) is -1.70. The van der Waals surface area contributed by atoms with Gasteiger partial charge in [0.15, 0.2) is 0 Å². The van der Waals surface area contributed by atoms with Gasteiger partial charge in [0, 0.05) is 0 Å². The van der Waals surface area contributed by atoms with Crippen molar-refractivity contribution >= 4 is 229 Å². The summed E-state index contributed by atoms with van der Waals surface area (Å²) >= 11 is 0. The number of nitrogens with one attached hydrogen (secondary N) is 1. The van der Waals surface area contributed by atoms with Crippen LogP contribution in [0.25, 0.3) is 0 Å². The number of carboxylic acids is 4. The van der Waals surface area contributed by atoms with Crippen molar-refractivity contribution in [3.8, 4) is 0 Å². The Morgan fingerprint density at radius 3 is 1.05 bits per heavy atom. The van der Waals surface area contributed by atoms with Crippen LogP contribution in [0, 0.1) is 0 Å². The topological polar surface area (TPSA) is 161 Å². The number of hydrogen-bond acceptors (Lipinski definition) is 5. The maximum absolute atomic E-state index is 10.6. The third-order valence-electron chi connectivity index (χ3n) is 1.76. The van der Waals surface area contributed by atoms with Crippen LogP contribution in [0.5, 0.6) is 0 Å². The van der Waals surface area contributed by atoms with E-state index in [-0.39, 0.29) is 206 Å². The second-order valence-electron chi connectivity index (χ2n) is 3.14. The van der Waals surface area contributed by atoms with Gasteiger partial charge in [0.1, 0.15) is 12.1 Å². The first-order valence-corrected chi connectivity index (χ1v) is 4.39. The summed E-state index contributed by atoms with van der Waals surface area (Å²) in [4.78, 5) is 41.9. The summed E-state index contributed by atoms with van der Waals surface area (Å²) in [6.45, 7) is 0. The first-order valence-electron chi connectivity index (χ1n) is 4.39. The van der Waals surface area contributed by atoms with Crippen LogP contribution < -0.4 is 5.32 Å². The SMILES string of the molecule is O=C(O)CC(NC(CC(=O)O)C(=O)O)C(=O)O.[KH].[KH].[KH].[KH]. The molecule has 0 fully saturated rings. The van der Waals surface area contributed by atoms with Gasteiger partial charge in [-0.05, 0) is 0 Å². The predicted molar refractivity (Wildman–Crippen MR) is 79.1 cm³/mol. The summed E-state index contributed by atoms with van der Waals surface area (Å²) in [7, 11) is 0. The minimum atomic E-state index is -1.66. The average molecular weight is 410 g/mol. The molecule has 0 aliphatic rings. The quantitative estimate of drug-likeness (QED) is 0.250. The zero-order valence-corrected chi connectivity index (χ0v) is 8.49. The molecule has 0 aliphatic heterocycles. The Balaban J connectivity index is -0.000000213. The zero-order valence-electron chi connectivity index (χ0n) is 8.49. The molecule has 9 nitrogen and oxygen atoms in total. The van der Waals surface area contributed by atoms with Gasteiger partial charge in [0.2, 0.25) is 0 Å². The molecule has 0 radical (unpaired) electrons. The fourth-order valence-corrected chi connectivity index (χ4v) is 1.03. The van der Waals surface area contributed by atoms with Gasteiger partial charge in [-0.25, -0.2) is 0 Å². The summed E-state index contributed by atoms with van der Waals surface area (Å²) in [5.41, 5.74) is 0. The maximum atomic E-state index is 10.6. The third kappa shape index (κ3) is 20.5. The van der Waals surface area contributed by atoms with E-state index in [1.165, 1.54) is 0 Å². The zero-order chi connectivity index (χ0) is 13.6. The van der Waals surface area contributed by atoms with Crippen molar-refractivity contribution in [1.29, 1.82) is 0 Å². The molecular weight excluding hydrogens is 394 g/mol. The van der Waals surface area contributed by atoms with Crippen molar-refractivity contribution in [3.63, 3.8) is 0 Å². The van der Waals surface area contributed by atoms with Crippen molar-refractivity contribution in [2.45, 2.75) is 24.9 Å². The fourth-order valence-electron chi connectivity index (χ4n) is 1.03. The Morgan fingerprint density at radius 2 is 0.905 bits per heavy atom. The summed E-state index contributed by atoms with van der Waals surface area (Å²) in [5.74, 6) is -6.01. The molecule has 0 saturated heterocycles. The third-order valence-corrected chi connectivity index (χ3v) is 1.76. The summed E-state index contributed by atoms with van der Waals surface area (Å²) in [5, 5.41) is 36.0. The minimum absolute atomic E-state index is 0. The standard InChI is InChI=1S/C8H11NO8.4K.4H/c10-5(11)1-3(7(14)15)9-4(8(16)17)2-6(12)13;;;;;;;;/h3-4,9H,1-2H2,(H,10,11)(H,12,13)(H,14,15)(H,16,17);;;;;;;;. The molecule has 0 heterocycles. The van der Waals surface area contributed by atoms with Gasteiger partial charge in [-0.2, -0.15) is 0 Å². The van der Waals surface area contributed by atoms with E-state index < -0.39 is 48.8 Å². The van der Waals surface area contributed by atoms with Gasteiger partial charge >= 0.3 is 229 Å². The second-order valence-corrected chi connectivity index (χ2v) is 3.14. The molecule has 0 bridgehead atoms. The Kier molecular flexibility index (Phi) is 35.8. The molecule has 5 N–H and O–H groups in total. The Labute approximate surface area is 290 Å². The first-order chi connectivity index (χ1) is 7.73. The number of rotatable bonds is 8. The van der Waals surface area contributed by atoms with Gasteiger partial charge in [0.25, 0.3) is 0 Å². The Bertz CT molecular complexity index is 321. The van der Waals surface area contributed by atoms with Crippen LogP contribution in [-0.4, -0.2) is 262 Å². The normalized spacial score (nSPS) is 11.0. The molecule has 0 spiro atoms. The van der Waals surface area contributed by atoms with E-state index >= 15 is 0 Å². The van der Waals surface area contributed by atoms with Gasteiger partial charge in [-0.3, -0.25) is 24.5 Å². The van der Waals surface area contributed by atoms with Crippen LogP contribution in [0.2, 0.25) is 0 Å². The molecule has 21 heavy (non-hydrogen) atoms. The average Bonchev–Trinajstić information content (AvgIpc) is 2.13. The van der Waals surface area contributed by atoms with E-state index in [0.29, 0.717) is 0 Å². The van der Waals surface area contributed by atoms with Crippen LogP contribution in [0.3, 0.4) is 0 Å². The van der Waals surface area contributed by atoms with Crippen molar-refractivity contribution in [2.24, 2.45) is 0 Å². The molecule has 0 aromatic heterocycles. The summed E-state index contributed by atoms with van der Waals surface area (Å²) < 4.78 is 0. The van der Waals surface area contributed by atoms with Crippen molar-refractivity contribution in [3.05, 3.63) is 0 Å². The van der Waals surface area contributed by atoms with Gasteiger partial charge in [0.05, 0.1) is 12.8 Å². The number of hydrogen-bond donors (Lipinski definition) is 5. The Morgan fingerprint density at radius 1 is 0.667 bits per heavy atom. The molecule has 104 valence electrons. The molecule has 2 atom stereocenters. The van der Waals surface area contributed by atoms with Crippen LogP contribution >= 0.6 is 0 Å². The van der Waals surface area contributed by atoms with E-state index in [1.54, 1.807) is 0 Å². The van der Waals surface area contributed by atoms with Crippen LogP contribution in [0.4, 0.5) is 0 Å². The van der Waals surface area contributed by atoms with Gasteiger partial charge < -0.3 is 20.4 Å². The predicted octanol–water partition coefficient (Wildman–Crippen LogP) is -4.16. The molecule has 13 heteroatoms. The van der Waals surface area contributed by atoms with E-state index in [4.69, 9.17) is 20.4 Å². The number of aliphatic carboxylic acids is 4. The molecule has 0 aromatic rings. The number of carboxylic acid groups (broad SMARTS) is 4. The molecule has 0 saturated carbocycles. The van der Waals surface area contributed by atoms with Crippen molar-refractivity contribution in [1.82, 2.24) is 5.32 Å². The summed E-state index contributed by atoms with van der Waals surface area (Å²) in [6, 6.07) is -3.32. The Hall–Kier alpha value is 4.39. The monoisotopic (exact) mass is 409 g/mol. The molecule has 2 unspecified atom stereocenters. The molecule has 0 rings (SSSR count). The molecule has 0 aromatic carbocycles. The van der Waals surface area contributed by atoms with Crippen LogP contribution in [-0.2, 0) is 19.2 Å². The van der Waals surface area contributed by atoms with Crippen LogP contribution in [0.1, 0.15) is 12.8 Å². The fraction of sp³-hybridized carbons (Fsp3) is 0.500. The van der Waals surface area contributed by atoms with Gasteiger partial charge in [-0.1, -0.05) is 0 Å². The molecular formula is C8H15K4NO8.